The van der Waals surface area contributed by atoms with Crippen LogP contribution in [0.1, 0.15) is 87.8 Å². The highest BCUT2D eigenvalue weighted by atomic mass is 35.5. The molecule has 0 radical (unpaired) electrons. The third-order valence-corrected chi connectivity index (χ3v) is 7.11. The molecule has 1 fully saturated rings. The Morgan fingerprint density at radius 1 is 1.11 bits per heavy atom. The first-order valence-corrected chi connectivity index (χ1v) is 13.5. The van der Waals surface area contributed by atoms with E-state index in [1.54, 1.807) is 22.8 Å². The average molecular weight is 522 g/mol. The van der Waals surface area contributed by atoms with Crippen LogP contribution >= 0.6 is 23.2 Å². The summed E-state index contributed by atoms with van der Waals surface area (Å²) in [4.78, 5) is 27.8. The molecule has 0 spiro atoms. The van der Waals surface area contributed by atoms with Crippen LogP contribution < -0.4 is 5.56 Å². The molecule has 0 unspecified atom stereocenters. The molecule has 1 aliphatic rings. The van der Waals surface area contributed by atoms with Gasteiger partial charge in [-0.1, -0.05) is 61.5 Å². The summed E-state index contributed by atoms with van der Waals surface area (Å²) in [6, 6.07) is 9.46. The Balaban J connectivity index is 1.74. The van der Waals surface area contributed by atoms with Crippen LogP contribution in [0.5, 0.6) is 0 Å². The summed E-state index contributed by atoms with van der Waals surface area (Å²) in [6.07, 6.45) is 7.89. The Labute approximate surface area is 219 Å². The number of likely N-dealkylation sites (tertiary alicyclic amines) is 1. The number of hydrogen-bond acceptors (Lipinski definition) is 4. The number of carbonyl (C=O) groups excluding carboxylic acids is 1. The second-order valence-electron chi connectivity index (χ2n) is 10.5. The molecular weight excluding hydrogens is 483 g/mol. The molecular formula is C28H38Cl2N2O3. The monoisotopic (exact) mass is 520 g/mol. The van der Waals surface area contributed by atoms with Gasteiger partial charge in [-0.05, 0) is 76.8 Å². The molecule has 1 aromatic carbocycles. The molecule has 0 amide bonds. The van der Waals surface area contributed by atoms with Crippen LogP contribution in [0.4, 0.5) is 0 Å². The molecule has 5 nitrogen and oxygen atoms in total. The van der Waals surface area contributed by atoms with Crippen LogP contribution in [0.15, 0.2) is 35.1 Å². The van der Waals surface area contributed by atoms with Crippen LogP contribution in [-0.4, -0.2) is 33.6 Å². The number of halogens is 2. The van der Waals surface area contributed by atoms with Gasteiger partial charge < -0.3 is 9.30 Å². The molecule has 0 aliphatic carbocycles. The molecule has 35 heavy (non-hydrogen) atoms. The van der Waals surface area contributed by atoms with E-state index in [2.05, 4.69) is 11.8 Å². The van der Waals surface area contributed by atoms with Gasteiger partial charge in [-0.15, -0.1) is 0 Å². The smallest absolute Gasteiger partial charge is 0.338 e. The number of hydrogen-bond donors (Lipinski definition) is 0. The van der Waals surface area contributed by atoms with Gasteiger partial charge in [0, 0.05) is 19.1 Å². The zero-order chi connectivity index (χ0) is 25.6. The van der Waals surface area contributed by atoms with Crippen molar-refractivity contribution in [1.29, 1.82) is 0 Å². The Bertz CT molecular complexity index is 1060. The maximum absolute atomic E-state index is 13.0. The van der Waals surface area contributed by atoms with E-state index in [0.29, 0.717) is 36.1 Å². The van der Waals surface area contributed by atoms with Crippen molar-refractivity contribution >= 4 is 29.2 Å². The van der Waals surface area contributed by atoms with E-state index in [4.69, 9.17) is 27.9 Å². The summed E-state index contributed by atoms with van der Waals surface area (Å²) in [5.74, 6) is -0.344. The third kappa shape index (κ3) is 7.83. The van der Waals surface area contributed by atoms with Crippen LogP contribution in [-0.2, 0) is 24.2 Å². The van der Waals surface area contributed by atoms with Crippen LogP contribution in [0.25, 0.3) is 0 Å². The van der Waals surface area contributed by atoms with Gasteiger partial charge >= 0.3 is 5.97 Å². The van der Waals surface area contributed by atoms with Gasteiger partial charge in [0.1, 0.15) is 10.6 Å². The Kier molecular flexibility index (Phi) is 9.86. The number of carbonyl (C=O) groups is 1. The largest absolute Gasteiger partial charge is 0.456 e. The van der Waals surface area contributed by atoms with Gasteiger partial charge in [-0.3, -0.25) is 9.69 Å². The van der Waals surface area contributed by atoms with Crippen molar-refractivity contribution in [2.45, 2.75) is 97.4 Å². The normalized spacial score (nSPS) is 16.6. The lowest BCUT2D eigenvalue weighted by atomic mass is 10.1. The molecule has 0 N–H and O–H groups in total. The Hall–Kier alpha value is -1.82. The highest BCUT2D eigenvalue weighted by Crippen LogP contribution is 2.27. The number of unbranched alkanes of at least 4 members (excludes halogenated alkanes) is 2. The van der Waals surface area contributed by atoms with Crippen molar-refractivity contribution in [3.05, 3.63) is 67.6 Å². The summed E-state index contributed by atoms with van der Waals surface area (Å²) in [6.45, 7) is 9.91. The van der Waals surface area contributed by atoms with E-state index in [1.165, 1.54) is 38.5 Å². The van der Waals surface area contributed by atoms with Crippen molar-refractivity contribution < 1.29 is 9.53 Å². The molecule has 0 bridgehead atoms. The zero-order valence-electron chi connectivity index (χ0n) is 21.4. The summed E-state index contributed by atoms with van der Waals surface area (Å²) < 4.78 is 7.17. The molecule has 2 aromatic rings. The van der Waals surface area contributed by atoms with Crippen molar-refractivity contribution in [3.63, 3.8) is 0 Å². The first-order chi connectivity index (χ1) is 16.6. The van der Waals surface area contributed by atoms with Gasteiger partial charge in [-0.25, -0.2) is 4.79 Å². The summed E-state index contributed by atoms with van der Waals surface area (Å²) >= 11 is 12.9. The van der Waals surface area contributed by atoms with E-state index in [0.717, 1.165) is 17.8 Å². The lowest BCUT2D eigenvalue weighted by Crippen LogP contribution is -2.33. The number of aryl methyl sites for hydroxylation is 1. The van der Waals surface area contributed by atoms with Gasteiger partial charge in [0.25, 0.3) is 5.56 Å². The number of ether oxygens (including phenoxy) is 1. The molecule has 1 atom stereocenters. The fourth-order valence-corrected chi connectivity index (χ4v) is 5.21. The second kappa shape index (κ2) is 12.4. The second-order valence-corrected chi connectivity index (χ2v) is 11.3. The SMILES string of the molecule is CCCCC[C@H]1CCCN1Cc1c(Cl)cc(Cl)c(=O)n1CCc1ccc(C(=O)OC(C)(C)C)cc1. The van der Waals surface area contributed by atoms with Gasteiger partial charge in [0.15, 0.2) is 0 Å². The first kappa shape index (κ1) is 27.8. The average Bonchev–Trinajstić information content (AvgIpc) is 3.23. The van der Waals surface area contributed by atoms with E-state index in [1.807, 2.05) is 32.9 Å². The predicted molar refractivity (Wildman–Crippen MR) is 144 cm³/mol. The van der Waals surface area contributed by atoms with E-state index in [-0.39, 0.29) is 16.6 Å². The maximum atomic E-state index is 13.0. The standard InChI is InChI=1S/C28H38Cl2N2O3/c1-5-6-7-9-22-10-8-16-31(22)19-25-23(29)18-24(30)26(33)32(25)17-15-20-11-13-21(14-12-20)27(34)35-28(2,3)4/h11-14,18,22H,5-10,15-17,19H2,1-4H3/t22-/m0/s1. The topological polar surface area (TPSA) is 51.5 Å². The van der Waals surface area contributed by atoms with Crippen molar-refractivity contribution in [1.82, 2.24) is 9.47 Å². The molecule has 192 valence electrons. The Morgan fingerprint density at radius 3 is 2.49 bits per heavy atom. The van der Waals surface area contributed by atoms with E-state index < -0.39 is 5.60 Å². The molecule has 0 saturated carbocycles. The number of esters is 1. The van der Waals surface area contributed by atoms with Gasteiger partial charge in [0.2, 0.25) is 0 Å². The van der Waals surface area contributed by atoms with Crippen LogP contribution in [0.2, 0.25) is 10.0 Å². The highest BCUT2D eigenvalue weighted by Gasteiger charge is 2.26. The summed E-state index contributed by atoms with van der Waals surface area (Å²) in [5.41, 5.74) is 1.61. The fraction of sp³-hybridized carbons (Fsp3) is 0.571. The van der Waals surface area contributed by atoms with Crippen LogP contribution in [0, 0.1) is 0 Å². The molecule has 1 saturated heterocycles. The number of pyridine rings is 1. The van der Waals surface area contributed by atoms with Crippen molar-refractivity contribution in [3.8, 4) is 0 Å². The number of rotatable bonds is 10. The summed E-state index contributed by atoms with van der Waals surface area (Å²) in [5, 5.41) is 0.675. The number of benzene rings is 1. The quantitative estimate of drug-likeness (QED) is 0.252. The molecule has 1 aromatic heterocycles. The predicted octanol–water partition coefficient (Wildman–Crippen LogP) is 6.90. The minimum atomic E-state index is -0.538. The molecule has 2 heterocycles. The number of aromatic nitrogens is 1. The summed E-state index contributed by atoms with van der Waals surface area (Å²) in [7, 11) is 0. The zero-order valence-corrected chi connectivity index (χ0v) is 22.9. The lowest BCUT2D eigenvalue weighted by Gasteiger charge is -2.26. The van der Waals surface area contributed by atoms with Crippen molar-refractivity contribution in [2.75, 3.05) is 6.54 Å². The molecule has 3 rings (SSSR count). The highest BCUT2D eigenvalue weighted by molar-refractivity contribution is 6.34. The minimum Gasteiger partial charge on any atom is -0.456 e. The lowest BCUT2D eigenvalue weighted by molar-refractivity contribution is 0.00695. The van der Waals surface area contributed by atoms with E-state index in [9.17, 15) is 9.59 Å². The Morgan fingerprint density at radius 2 is 1.83 bits per heavy atom. The first-order valence-electron chi connectivity index (χ1n) is 12.7. The third-order valence-electron chi connectivity index (χ3n) is 6.51. The fourth-order valence-electron chi connectivity index (χ4n) is 4.67. The molecule has 1 aliphatic heterocycles. The molecule has 7 heteroatoms. The maximum Gasteiger partial charge on any atom is 0.338 e. The van der Waals surface area contributed by atoms with E-state index >= 15 is 0 Å². The van der Waals surface area contributed by atoms with Crippen molar-refractivity contribution in [2.24, 2.45) is 0 Å². The minimum absolute atomic E-state index is 0.139. The van der Waals surface area contributed by atoms with Crippen LogP contribution in [0.3, 0.4) is 0 Å². The van der Waals surface area contributed by atoms with Gasteiger partial charge in [0.05, 0.1) is 16.3 Å². The van der Waals surface area contributed by atoms with Gasteiger partial charge in [-0.2, -0.15) is 0 Å². The number of nitrogens with zero attached hydrogens (tertiary/aromatic N) is 2.